The van der Waals surface area contributed by atoms with E-state index in [1.165, 1.54) is 7.11 Å². The number of rotatable bonds is 9. The van der Waals surface area contributed by atoms with Gasteiger partial charge in [-0.15, -0.1) is 0 Å². The molecule has 3 aromatic carbocycles. The molecule has 3 heterocycles. The van der Waals surface area contributed by atoms with Crippen LogP contribution in [0.3, 0.4) is 0 Å². The highest BCUT2D eigenvalue weighted by Crippen LogP contribution is 2.43. The number of aliphatic hydroxyl groups excluding tert-OH is 1. The normalized spacial score (nSPS) is 17.5. The first kappa shape index (κ1) is 37.8. The lowest BCUT2D eigenvalue weighted by atomic mass is 9.71. The Labute approximate surface area is 322 Å². The number of phenolic OH excluding ortho intramolecular Hbond substituents is 2. The number of ether oxygens (including phenoxy) is 1. The van der Waals surface area contributed by atoms with E-state index < -0.39 is 5.92 Å². The third-order valence-electron chi connectivity index (χ3n) is 11.3. The Morgan fingerprint density at radius 1 is 0.800 bits per heavy atom. The number of aryl methyl sites for hydroxylation is 3. The van der Waals surface area contributed by atoms with E-state index in [-0.39, 0.29) is 48.4 Å². The van der Waals surface area contributed by atoms with Crippen LogP contribution >= 0.6 is 0 Å². The van der Waals surface area contributed by atoms with E-state index in [0.29, 0.717) is 43.5 Å². The molecular formula is C46H51N3O6. The number of H-pyrrole nitrogens is 2. The highest BCUT2D eigenvalue weighted by atomic mass is 16.5. The molecule has 0 radical (unpaired) electrons. The summed E-state index contributed by atoms with van der Waals surface area (Å²) < 4.78 is 5.57. The summed E-state index contributed by atoms with van der Waals surface area (Å²) in [6.45, 7) is 0.538. The van der Waals surface area contributed by atoms with Gasteiger partial charge in [0.05, 0.1) is 13.5 Å². The van der Waals surface area contributed by atoms with Crippen molar-refractivity contribution in [2.24, 2.45) is 5.92 Å². The summed E-state index contributed by atoms with van der Waals surface area (Å²) in [6.07, 6.45) is 12.3. The van der Waals surface area contributed by atoms with Crippen LogP contribution in [0, 0.1) is 5.92 Å². The molecule has 0 amide bonds. The van der Waals surface area contributed by atoms with Gasteiger partial charge in [-0.2, -0.15) is 0 Å². The molecule has 2 aliphatic rings. The average Bonchev–Trinajstić information content (AvgIpc) is 3.84. The molecule has 0 spiro atoms. The molecule has 9 nitrogen and oxygen atoms in total. The summed E-state index contributed by atoms with van der Waals surface area (Å²) in [6, 6.07) is 21.6. The zero-order valence-electron chi connectivity index (χ0n) is 31.5. The highest BCUT2D eigenvalue weighted by Gasteiger charge is 2.37. The van der Waals surface area contributed by atoms with E-state index in [4.69, 9.17) is 4.74 Å². The van der Waals surface area contributed by atoms with Gasteiger partial charge in [-0.05, 0) is 125 Å². The molecule has 2 unspecified atom stereocenters. The van der Waals surface area contributed by atoms with Crippen LogP contribution in [-0.2, 0) is 41.7 Å². The average molecular weight is 742 g/mol. The summed E-state index contributed by atoms with van der Waals surface area (Å²) in [4.78, 5) is 34.9. The van der Waals surface area contributed by atoms with Crippen molar-refractivity contribution in [3.8, 4) is 17.2 Å². The fraction of sp³-hybridized carbons (Fsp3) is 0.348. The SMILES string of the molecule is COc1cc2cc(c1O)Cc1ccc(CCCO)c(c1)Cc1cc[nH]c1NCC1=Cc3[nH]ccc3C(CCCCc3cccc(O)c3)C1C(=O)CC(=O)CC2. The number of aromatic nitrogens is 2. The van der Waals surface area contributed by atoms with E-state index in [1.807, 2.05) is 30.6 Å². The highest BCUT2D eigenvalue weighted by molar-refractivity contribution is 6.02. The van der Waals surface area contributed by atoms with Crippen molar-refractivity contribution >= 4 is 23.5 Å². The van der Waals surface area contributed by atoms with Gasteiger partial charge in [0, 0.05) is 62.0 Å². The van der Waals surface area contributed by atoms with E-state index in [1.54, 1.807) is 18.2 Å². The molecule has 1 aliphatic carbocycles. The number of methoxy groups -OCH3 is 1. The van der Waals surface area contributed by atoms with Crippen molar-refractivity contribution in [3.05, 3.63) is 135 Å². The summed E-state index contributed by atoms with van der Waals surface area (Å²) in [5.74, 6) is 0.828. The Balaban J connectivity index is 1.22. The van der Waals surface area contributed by atoms with Gasteiger partial charge in [0.15, 0.2) is 11.5 Å². The molecule has 5 aromatic rings. The Bertz CT molecular complexity index is 2180. The first-order valence-electron chi connectivity index (χ1n) is 19.5. The van der Waals surface area contributed by atoms with Gasteiger partial charge < -0.3 is 35.3 Å². The Morgan fingerprint density at radius 3 is 2.49 bits per heavy atom. The van der Waals surface area contributed by atoms with Gasteiger partial charge in [-0.3, -0.25) is 9.59 Å². The number of hydrogen-bond donors (Lipinski definition) is 6. The third-order valence-corrected chi connectivity index (χ3v) is 11.3. The van der Waals surface area contributed by atoms with Crippen LogP contribution in [0.15, 0.2) is 84.7 Å². The molecule has 6 N–H and O–H groups in total. The number of unbranched alkanes of at least 4 members (excludes halogenated alkanes) is 1. The molecule has 0 saturated heterocycles. The molecule has 1 aliphatic heterocycles. The van der Waals surface area contributed by atoms with Crippen LogP contribution in [0.2, 0.25) is 0 Å². The Morgan fingerprint density at radius 2 is 1.65 bits per heavy atom. The second-order valence-electron chi connectivity index (χ2n) is 15.1. The van der Waals surface area contributed by atoms with E-state index >= 15 is 0 Å². The smallest absolute Gasteiger partial charge is 0.161 e. The van der Waals surface area contributed by atoms with E-state index in [0.717, 1.165) is 88.1 Å². The molecule has 0 fully saturated rings. The molecule has 7 rings (SSSR count). The number of aromatic amines is 2. The summed E-state index contributed by atoms with van der Waals surface area (Å²) in [5, 5.41) is 34.4. The number of Topliss-reactive ketones (excluding diaryl/α,β-unsaturated/α-hetero) is 2. The molecule has 4 bridgehead atoms. The molecule has 9 heteroatoms. The number of carbonyl (C=O) groups excluding carboxylic acids is 2. The number of phenols is 2. The van der Waals surface area contributed by atoms with Crippen molar-refractivity contribution in [2.75, 3.05) is 25.6 Å². The summed E-state index contributed by atoms with van der Waals surface area (Å²) in [7, 11) is 1.53. The van der Waals surface area contributed by atoms with Crippen LogP contribution in [-0.4, -0.2) is 57.1 Å². The first-order valence-corrected chi connectivity index (χ1v) is 19.5. The largest absolute Gasteiger partial charge is 0.508 e. The minimum absolute atomic E-state index is 0.0685. The number of carbonyl (C=O) groups is 2. The Hall–Kier alpha value is -5.54. The summed E-state index contributed by atoms with van der Waals surface area (Å²) in [5.41, 5.74) is 10.1. The van der Waals surface area contributed by atoms with Gasteiger partial charge in [0.25, 0.3) is 0 Å². The third kappa shape index (κ3) is 8.89. The lowest BCUT2D eigenvalue weighted by Crippen LogP contribution is -2.31. The quantitative estimate of drug-likeness (QED) is 0.0664. The van der Waals surface area contributed by atoms with Crippen molar-refractivity contribution < 1.29 is 29.6 Å². The standard InChI is InChI=1S/C46H51N3O6/c1-55-43-24-31-12-14-38(52)27-42(53)44-36(26-41-39(16-18-47-41)40(44)10-3-2-6-29-7-4-9-37(51)23-29)28-49-46-33(15-17-48-46)25-34-20-30(21-35(22-31)45(43)54)11-13-32(34)8-5-19-50/h4,7,9,11,13,15-18,20,22-24,26,40,44,47-51,54H,2-3,5-6,8,10,12,14,19,21,25,27-28H2,1H3. The number of benzene rings is 3. The molecule has 55 heavy (non-hydrogen) atoms. The molecule has 0 saturated carbocycles. The fourth-order valence-corrected chi connectivity index (χ4v) is 8.51. The van der Waals surface area contributed by atoms with Crippen molar-refractivity contribution in [1.29, 1.82) is 0 Å². The second kappa shape index (κ2) is 17.3. The number of nitrogens with one attached hydrogen (secondary N) is 3. The zero-order valence-corrected chi connectivity index (χ0v) is 31.5. The molecule has 2 atom stereocenters. The number of aromatic hydroxyl groups is 2. The number of aliphatic hydroxyl groups is 1. The number of anilines is 1. The predicted octanol–water partition coefficient (Wildman–Crippen LogP) is 7.97. The van der Waals surface area contributed by atoms with Crippen molar-refractivity contribution in [2.45, 2.75) is 76.5 Å². The molecule has 286 valence electrons. The Kier molecular flexibility index (Phi) is 11.9. The van der Waals surface area contributed by atoms with Crippen molar-refractivity contribution in [1.82, 2.24) is 9.97 Å². The monoisotopic (exact) mass is 741 g/mol. The maximum Gasteiger partial charge on any atom is 0.161 e. The maximum atomic E-state index is 14.5. The number of hydrogen-bond acceptors (Lipinski definition) is 7. The second-order valence-corrected chi connectivity index (χ2v) is 15.1. The zero-order chi connectivity index (χ0) is 38.3. The minimum Gasteiger partial charge on any atom is -0.508 e. The fourth-order valence-electron chi connectivity index (χ4n) is 8.51. The first-order chi connectivity index (χ1) is 26.8. The molecule has 2 aromatic heterocycles. The summed E-state index contributed by atoms with van der Waals surface area (Å²) >= 11 is 0. The lowest BCUT2D eigenvalue weighted by molar-refractivity contribution is -0.129. The molecular weight excluding hydrogens is 691 g/mol. The predicted molar refractivity (Wildman–Crippen MR) is 215 cm³/mol. The lowest BCUT2D eigenvalue weighted by Gasteiger charge is -2.32. The van der Waals surface area contributed by atoms with Crippen LogP contribution in [0.4, 0.5) is 5.82 Å². The van der Waals surface area contributed by atoms with Crippen LogP contribution in [0.5, 0.6) is 17.2 Å². The van der Waals surface area contributed by atoms with Gasteiger partial charge >= 0.3 is 0 Å². The van der Waals surface area contributed by atoms with Gasteiger partial charge in [0.2, 0.25) is 0 Å². The number of fused-ring (bicyclic) bond motifs is 7. The van der Waals surface area contributed by atoms with E-state index in [9.17, 15) is 24.9 Å². The van der Waals surface area contributed by atoms with Gasteiger partial charge in [-0.25, -0.2) is 0 Å². The van der Waals surface area contributed by atoms with Crippen LogP contribution in [0.25, 0.3) is 6.08 Å². The van der Waals surface area contributed by atoms with E-state index in [2.05, 4.69) is 51.7 Å². The maximum absolute atomic E-state index is 14.5. The minimum atomic E-state index is -0.469. The van der Waals surface area contributed by atoms with Crippen LogP contribution in [0.1, 0.15) is 94.6 Å². The van der Waals surface area contributed by atoms with Crippen LogP contribution < -0.4 is 10.1 Å². The van der Waals surface area contributed by atoms with Gasteiger partial charge in [0.1, 0.15) is 23.1 Å². The van der Waals surface area contributed by atoms with Crippen molar-refractivity contribution in [3.63, 3.8) is 0 Å². The topological polar surface area (TPSA) is 148 Å². The number of ketones is 2. The van der Waals surface area contributed by atoms with Gasteiger partial charge in [-0.1, -0.05) is 42.8 Å².